The molecular formula is C25H25N3O2. The third-order valence-electron chi connectivity index (χ3n) is 5.51. The first-order valence-electron chi connectivity index (χ1n) is 10.00. The Balaban J connectivity index is 1.66. The van der Waals surface area contributed by atoms with Gasteiger partial charge in [0.05, 0.1) is 6.54 Å². The largest absolute Gasteiger partial charge is 0.329 e. The number of amides is 3. The molecule has 1 fully saturated rings. The SMILES string of the molecule is Cc1ccc(-n2c(C)cc(C=C3NC(=O)N(Cc4ccccc4)C3=O)c2C)c(C)c1. The minimum Gasteiger partial charge on any atom is -0.318 e. The summed E-state index contributed by atoms with van der Waals surface area (Å²) in [5, 5.41) is 2.73. The van der Waals surface area contributed by atoms with E-state index >= 15 is 0 Å². The van der Waals surface area contributed by atoms with Crippen LogP contribution in [0.2, 0.25) is 0 Å². The van der Waals surface area contributed by atoms with E-state index in [1.54, 1.807) is 6.08 Å². The number of carbonyl (C=O) groups excluding carboxylic acids is 2. The molecule has 30 heavy (non-hydrogen) atoms. The highest BCUT2D eigenvalue weighted by molar-refractivity contribution is 6.14. The Kier molecular flexibility index (Phi) is 5.04. The molecule has 4 rings (SSSR count). The van der Waals surface area contributed by atoms with Crippen molar-refractivity contribution in [3.63, 3.8) is 0 Å². The van der Waals surface area contributed by atoms with Crippen molar-refractivity contribution in [2.24, 2.45) is 0 Å². The maximum atomic E-state index is 12.9. The van der Waals surface area contributed by atoms with Gasteiger partial charge in [-0.2, -0.15) is 0 Å². The van der Waals surface area contributed by atoms with E-state index in [1.807, 2.05) is 50.2 Å². The molecule has 1 aliphatic heterocycles. The molecule has 0 bridgehead atoms. The number of benzene rings is 2. The van der Waals surface area contributed by atoms with Crippen LogP contribution in [0.25, 0.3) is 11.8 Å². The first-order chi connectivity index (χ1) is 14.3. The summed E-state index contributed by atoms with van der Waals surface area (Å²) in [6, 6.07) is 17.5. The van der Waals surface area contributed by atoms with Crippen LogP contribution >= 0.6 is 0 Å². The van der Waals surface area contributed by atoms with E-state index in [2.05, 4.69) is 41.9 Å². The number of hydrogen-bond donors (Lipinski definition) is 1. The van der Waals surface area contributed by atoms with Gasteiger partial charge in [0.25, 0.3) is 5.91 Å². The van der Waals surface area contributed by atoms with Crippen LogP contribution in [0.5, 0.6) is 0 Å². The molecule has 2 aromatic carbocycles. The molecule has 2 heterocycles. The van der Waals surface area contributed by atoms with E-state index in [9.17, 15) is 9.59 Å². The molecule has 1 aromatic heterocycles. The van der Waals surface area contributed by atoms with Crippen LogP contribution in [0.3, 0.4) is 0 Å². The quantitative estimate of drug-likeness (QED) is 0.506. The summed E-state index contributed by atoms with van der Waals surface area (Å²) in [7, 11) is 0. The normalized spacial score (nSPS) is 15.2. The van der Waals surface area contributed by atoms with Crippen LogP contribution in [-0.4, -0.2) is 21.4 Å². The molecule has 0 atom stereocenters. The predicted molar refractivity (Wildman–Crippen MR) is 118 cm³/mol. The molecule has 1 aliphatic rings. The number of nitrogens with one attached hydrogen (secondary N) is 1. The van der Waals surface area contributed by atoms with Gasteiger partial charge in [0.1, 0.15) is 5.70 Å². The van der Waals surface area contributed by atoms with Gasteiger partial charge in [-0.1, -0.05) is 48.0 Å². The van der Waals surface area contributed by atoms with Gasteiger partial charge in [0, 0.05) is 17.1 Å². The summed E-state index contributed by atoms with van der Waals surface area (Å²) >= 11 is 0. The van der Waals surface area contributed by atoms with Crippen LogP contribution in [-0.2, 0) is 11.3 Å². The van der Waals surface area contributed by atoms with Crippen molar-refractivity contribution in [2.75, 3.05) is 0 Å². The van der Waals surface area contributed by atoms with Gasteiger partial charge in [-0.25, -0.2) is 4.79 Å². The van der Waals surface area contributed by atoms with E-state index in [0.717, 1.165) is 28.2 Å². The van der Waals surface area contributed by atoms with E-state index in [0.29, 0.717) is 5.70 Å². The van der Waals surface area contributed by atoms with Crippen molar-refractivity contribution < 1.29 is 9.59 Å². The lowest BCUT2D eigenvalue weighted by molar-refractivity contribution is -0.123. The molecule has 3 aromatic rings. The fourth-order valence-corrected chi connectivity index (χ4v) is 4.00. The van der Waals surface area contributed by atoms with Gasteiger partial charge >= 0.3 is 6.03 Å². The Morgan fingerprint density at radius 3 is 2.37 bits per heavy atom. The Bertz CT molecular complexity index is 1170. The molecule has 152 valence electrons. The highest BCUT2D eigenvalue weighted by Crippen LogP contribution is 2.26. The third-order valence-corrected chi connectivity index (χ3v) is 5.51. The van der Waals surface area contributed by atoms with Crippen LogP contribution in [0.4, 0.5) is 4.79 Å². The van der Waals surface area contributed by atoms with E-state index in [-0.39, 0.29) is 12.5 Å². The molecule has 1 saturated heterocycles. The number of urea groups is 1. The second-order valence-electron chi connectivity index (χ2n) is 7.82. The summed E-state index contributed by atoms with van der Waals surface area (Å²) in [5.74, 6) is -0.305. The molecule has 0 unspecified atom stereocenters. The smallest absolute Gasteiger partial charge is 0.318 e. The van der Waals surface area contributed by atoms with Crippen molar-refractivity contribution in [3.8, 4) is 5.69 Å². The highest BCUT2D eigenvalue weighted by atomic mass is 16.2. The number of nitrogens with zero attached hydrogens (tertiary/aromatic N) is 2. The molecule has 3 amide bonds. The minimum absolute atomic E-state index is 0.254. The van der Waals surface area contributed by atoms with Gasteiger partial charge in [-0.15, -0.1) is 0 Å². The van der Waals surface area contributed by atoms with Gasteiger partial charge in [0.2, 0.25) is 0 Å². The van der Waals surface area contributed by atoms with Crippen molar-refractivity contribution in [1.82, 2.24) is 14.8 Å². The molecule has 0 saturated carbocycles. The number of imide groups is 1. The van der Waals surface area contributed by atoms with Gasteiger partial charge in [-0.3, -0.25) is 9.69 Å². The average Bonchev–Trinajstić information content (AvgIpc) is 3.13. The summed E-state index contributed by atoms with van der Waals surface area (Å²) in [6.45, 7) is 8.51. The fraction of sp³-hybridized carbons (Fsp3) is 0.200. The molecule has 1 N–H and O–H groups in total. The third kappa shape index (κ3) is 3.54. The van der Waals surface area contributed by atoms with Crippen LogP contribution in [0.1, 0.15) is 33.6 Å². The van der Waals surface area contributed by atoms with Gasteiger partial charge < -0.3 is 9.88 Å². The topological polar surface area (TPSA) is 54.3 Å². The van der Waals surface area contributed by atoms with Crippen LogP contribution in [0.15, 0.2) is 60.3 Å². The summed E-state index contributed by atoms with van der Waals surface area (Å²) in [5.41, 5.74) is 7.76. The predicted octanol–water partition coefficient (Wildman–Crippen LogP) is 4.80. The molecule has 0 spiro atoms. The maximum Gasteiger partial charge on any atom is 0.329 e. The van der Waals surface area contributed by atoms with Crippen molar-refractivity contribution in [2.45, 2.75) is 34.2 Å². The lowest BCUT2D eigenvalue weighted by Gasteiger charge is -2.13. The Morgan fingerprint density at radius 2 is 1.67 bits per heavy atom. The second kappa shape index (κ2) is 7.67. The number of rotatable bonds is 4. The summed E-state index contributed by atoms with van der Waals surface area (Å²) in [6.07, 6.45) is 1.77. The van der Waals surface area contributed by atoms with Gasteiger partial charge in [-0.05, 0) is 62.6 Å². The number of hydrogen-bond acceptors (Lipinski definition) is 2. The zero-order chi connectivity index (χ0) is 21.4. The molecule has 5 nitrogen and oxygen atoms in total. The van der Waals surface area contributed by atoms with Crippen molar-refractivity contribution in [3.05, 3.63) is 93.9 Å². The molecular weight excluding hydrogens is 374 g/mol. The maximum absolute atomic E-state index is 12.9. The van der Waals surface area contributed by atoms with E-state index < -0.39 is 6.03 Å². The average molecular weight is 399 g/mol. The zero-order valence-electron chi connectivity index (χ0n) is 17.7. The Labute approximate surface area is 176 Å². The Hall–Kier alpha value is -3.60. The zero-order valence-corrected chi connectivity index (χ0v) is 17.7. The molecule has 0 radical (unpaired) electrons. The minimum atomic E-state index is -0.390. The first kappa shape index (κ1) is 19.7. The summed E-state index contributed by atoms with van der Waals surface area (Å²) < 4.78 is 2.18. The lowest BCUT2D eigenvalue weighted by atomic mass is 10.1. The number of carbonyl (C=O) groups is 2. The first-order valence-corrected chi connectivity index (χ1v) is 10.00. The van der Waals surface area contributed by atoms with E-state index in [4.69, 9.17) is 0 Å². The lowest BCUT2D eigenvalue weighted by Crippen LogP contribution is -2.30. The molecule has 5 heteroatoms. The van der Waals surface area contributed by atoms with Gasteiger partial charge in [0.15, 0.2) is 0 Å². The number of aryl methyl sites for hydroxylation is 3. The van der Waals surface area contributed by atoms with E-state index in [1.165, 1.54) is 16.0 Å². The number of aromatic nitrogens is 1. The second-order valence-corrected chi connectivity index (χ2v) is 7.82. The Morgan fingerprint density at radius 1 is 0.933 bits per heavy atom. The highest BCUT2D eigenvalue weighted by Gasteiger charge is 2.33. The van der Waals surface area contributed by atoms with Crippen LogP contribution < -0.4 is 5.32 Å². The van der Waals surface area contributed by atoms with Crippen LogP contribution in [0, 0.1) is 27.7 Å². The fourth-order valence-electron chi connectivity index (χ4n) is 4.00. The van der Waals surface area contributed by atoms with Crippen molar-refractivity contribution in [1.29, 1.82) is 0 Å². The summed E-state index contributed by atoms with van der Waals surface area (Å²) in [4.78, 5) is 26.5. The monoisotopic (exact) mass is 399 g/mol. The molecule has 0 aliphatic carbocycles. The standard InChI is InChI=1S/C25H25N3O2/c1-16-10-11-23(17(2)12-16)28-18(3)13-21(19(28)4)14-22-24(29)27(25(30)26-22)15-20-8-6-5-7-9-20/h5-14H,15H2,1-4H3,(H,26,30). The van der Waals surface area contributed by atoms with Crippen molar-refractivity contribution >= 4 is 18.0 Å².